The summed E-state index contributed by atoms with van der Waals surface area (Å²) in [6, 6.07) is 9.24. The summed E-state index contributed by atoms with van der Waals surface area (Å²) in [4.78, 5) is 27.5. The van der Waals surface area contributed by atoms with Crippen LogP contribution in [0.1, 0.15) is 12.5 Å². The topological polar surface area (TPSA) is 110 Å². The number of aromatic nitrogens is 1. The van der Waals surface area contributed by atoms with Crippen LogP contribution in [0.5, 0.6) is 0 Å². The number of halogens is 1. The molecule has 1 aromatic heterocycles. The third-order valence-electron chi connectivity index (χ3n) is 4.57. The Hall–Kier alpha value is -3.19. The summed E-state index contributed by atoms with van der Waals surface area (Å²) < 4.78 is 0. The molecular formula is C20H21ClN6O. The second kappa shape index (κ2) is 7.82. The van der Waals surface area contributed by atoms with Crippen LogP contribution in [0.25, 0.3) is 11.1 Å². The predicted molar refractivity (Wildman–Crippen MR) is 112 cm³/mol. The summed E-state index contributed by atoms with van der Waals surface area (Å²) in [5, 5.41) is 0.522. The molecule has 1 aliphatic rings. The van der Waals surface area contributed by atoms with Crippen LogP contribution in [0.3, 0.4) is 0 Å². The van der Waals surface area contributed by atoms with Gasteiger partial charge in [-0.25, -0.2) is 4.99 Å². The van der Waals surface area contributed by atoms with Gasteiger partial charge < -0.3 is 11.5 Å². The van der Waals surface area contributed by atoms with Gasteiger partial charge in [0, 0.05) is 49.5 Å². The molecule has 7 nitrogen and oxygen atoms in total. The van der Waals surface area contributed by atoms with E-state index in [0.29, 0.717) is 22.7 Å². The first-order valence-electron chi connectivity index (χ1n) is 8.71. The monoisotopic (exact) mass is 396 g/mol. The Bertz CT molecular complexity index is 1000. The van der Waals surface area contributed by atoms with Crippen molar-refractivity contribution >= 4 is 29.7 Å². The molecule has 0 fully saturated rings. The first kappa shape index (κ1) is 19.6. The zero-order valence-corrected chi connectivity index (χ0v) is 16.4. The molecule has 1 amide bonds. The number of amides is 1. The van der Waals surface area contributed by atoms with Gasteiger partial charge in [0.1, 0.15) is 0 Å². The molecule has 1 aliphatic heterocycles. The van der Waals surface area contributed by atoms with E-state index in [-0.39, 0.29) is 11.9 Å². The Morgan fingerprint density at radius 1 is 1.32 bits per heavy atom. The van der Waals surface area contributed by atoms with E-state index in [4.69, 9.17) is 23.1 Å². The number of likely N-dealkylation sites (N-methyl/N-ethyl adjacent to an activating group) is 1. The van der Waals surface area contributed by atoms with Crippen molar-refractivity contribution in [2.24, 2.45) is 21.5 Å². The third kappa shape index (κ3) is 3.25. The van der Waals surface area contributed by atoms with Crippen LogP contribution in [0, 0.1) is 0 Å². The Morgan fingerprint density at radius 3 is 2.71 bits per heavy atom. The van der Waals surface area contributed by atoms with Crippen molar-refractivity contribution in [2.75, 3.05) is 13.6 Å². The van der Waals surface area contributed by atoms with Crippen LogP contribution in [0.2, 0.25) is 5.02 Å². The number of hydrogen-bond donors (Lipinski definition) is 2. The van der Waals surface area contributed by atoms with E-state index in [1.54, 1.807) is 31.7 Å². The SMILES string of the molecule is CCN=CC(=CN)C1(c2cccc(-c3cncc(Cl)c3)c2)N=C(N)N(C)C1=O. The summed E-state index contributed by atoms with van der Waals surface area (Å²) in [7, 11) is 1.58. The van der Waals surface area contributed by atoms with Crippen LogP contribution < -0.4 is 11.5 Å². The lowest BCUT2D eigenvalue weighted by Gasteiger charge is -2.26. The van der Waals surface area contributed by atoms with E-state index in [1.165, 1.54) is 11.1 Å². The highest BCUT2D eigenvalue weighted by atomic mass is 35.5. The second-order valence-corrected chi connectivity index (χ2v) is 6.70. The van der Waals surface area contributed by atoms with Gasteiger partial charge in [-0.15, -0.1) is 0 Å². The summed E-state index contributed by atoms with van der Waals surface area (Å²) in [5.41, 5.74) is 13.2. The molecule has 0 aliphatic carbocycles. The lowest BCUT2D eigenvalue weighted by Crippen LogP contribution is -2.42. The van der Waals surface area contributed by atoms with E-state index in [1.807, 2.05) is 31.2 Å². The third-order valence-corrected chi connectivity index (χ3v) is 4.78. The fourth-order valence-corrected chi connectivity index (χ4v) is 3.30. The number of hydrogen-bond acceptors (Lipinski definition) is 6. The smallest absolute Gasteiger partial charge is 0.266 e. The maximum absolute atomic E-state index is 13.2. The number of rotatable bonds is 5. The van der Waals surface area contributed by atoms with Crippen molar-refractivity contribution < 1.29 is 4.79 Å². The molecule has 0 spiro atoms. The Labute approximate surface area is 168 Å². The standard InChI is InChI=1S/C20H21ClN6O/c1-3-24-11-16(9-22)20(18(28)27(2)19(23)26-20)15-6-4-5-13(7-15)14-8-17(21)12-25-10-14/h4-12H,3,22H2,1-2H3,(H2,23,26). The van der Waals surface area contributed by atoms with Gasteiger partial charge in [-0.3, -0.25) is 19.7 Å². The number of nitrogens with zero attached hydrogens (tertiary/aromatic N) is 4. The van der Waals surface area contributed by atoms with Gasteiger partial charge in [0.2, 0.25) is 0 Å². The minimum absolute atomic E-state index is 0.115. The van der Waals surface area contributed by atoms with Gasteiger partial charge in [-0.2, -0.15) is 0 Å². The average Bonchev–Trinajstić information content (AvgIpc) is 2.94. The Morgan fingerprint density at radius 2 is 2.11 bits per heavy atom. The van der Waals surface area contributed by atoms with Crippen LogP contribution >= 0.6 is 11.6 Å². The van der Waals surface area contributed by atoms with Crippen molar-refractivity contribution in [3.05, 3.63) is 65.1 Å². The number of guanidine groups is 1. The molecule has 0 bridgehead atoms. The van der Waals surface area contributed by atoms with E-state index in [9.17, 15) is 4.79 Å². The van der Waals surface area contributed by atoms with Crippen molar-refractivity contribution in [1.82, 2.24) is 9.88 Å². The molecule has 1 unspecified atom stereocenters. The fraction of sp³-hybridized carbons (Fsp3) is 0.200. The molecule has 1 atom stereocenters. The van der Waals surface area contributed by atoms with E-state index >= 15 is 0 Å². The van der Waals surface area contributed by atoms with E-state index in [0.717, 1.165) is 11.1 Å². The zero-order chi connectivity index (χ0) is 20.3. The summed E-state index contributed by atoms with van der Waals surface area (Å²) >= 11 is 6.08. The molecule has 2 heterocycles. The molecule has 1 aromatic carbocycles. The van der Waals surface area contributed by atoms with Gasteiger partial charge in [-0.05, 0) is 30.2 Å². The number of carbonyl (C=O) groups excluding carboxylic acids is 1. The Balaban J connectivity index is 2.22. The highest BCUT2D eigenvalue weighted by Gasteiger charge is 2.50. The van der Waals surface area contributed by atoms with Crippen molar-refractivity contribution in [3.8, 4) is 11.1 Å². The number of aliphatic imine (C=N–C) groups is 2. The van der Waals surface area contributed by atoms with Crippen molar-refractivity contribution in [3.63, 3.8) is 0 Å². The lowest BCUT2D eigenvalue weighted by atomic mass is 9.82. The van der Waals surface area contributed by atoms with Crippen LogP contribution in [0.4, 0.5) is 0 Å². The largest absolute Gasteiger partial charge is 0.404 e. The molecule has 8 heteroatoms. The van der Waals surface area contributed by atoms with Crippen LogP contribution in [-0.4, -0.2) is 41.6 Å². The fourth-order valence-electron chi connectivity index (χ4n) is 3.12. The molecule has 28 heavy (non-hydrogen) atoms. The number of nitrogens with two attached hydrogens (primary N) is 2. The molecular weight excluding hydrogens is 376 g/mol. The quantitative estimate of drug-likeness (QED) is 0.755. The molecule has 0 saturated heterocycles. The van der Waals surface area contributed by atoms with E-state index < -0.39 is 5.54 Å². The van der Waals surface area contributed by atoms with Gasteiger partial charge in [-0.1, -0.05) is 29.8 Å². The normalized spacial score (nSPS) is 20.1. The van der Waals surface area contributed by atoms with Gasteiger partial charge >= 0.3 is 0 Å². The van der Waals surface area contributed by atoms with Crippen LogP contribution in [0.15, 0.2) is 64.5 Å². The second-order valence-electron chi connectivity index (χ2n) is 6.27. The molecule has 3 rings (SSSR count). The molecule has 4 N–H and O–H groups in total. The van der Waals surface area contributed by atoms with Gasteiger partial charge in [0.15, 0.2) is 11.5 Å². The molecule has 0 radical (unpaired) electrons. The van der Waals surface area contributed by atoms with Gasteiger partial charge in [0.25, 0.3) is 5.91 Å². The minimum atomic E-state index is -1.39. The molecule has 2 aromatic rings. The number of pyridine rings is 1. The van der Waals surface area contributed by atoms with Crippen LogP contribution in [-0.2, 0) is 10.3 Å². The van der Waals surface area contributed by atoms with E-state index in [2.05, 4.69) is 15.0 Å². The highest BCUT2D eigenvalue weighted by molar-refractivity contribution is 6.30. The molecule has 144 valence electrons. The number of carbonyl (C=O) groups is 1. The predicted octanol–water partition coefficient (Wildman–Crippen LogP) is 2.32. The zero-order valence-electron chi connectivity index (χ0n) is 15.6. The first-order chi connectivity index (χ1) is 13.4. The Kier molecular flexibility index (Phi) is 5.46. The van der Waals surface area contributed by atoms with Crippen molar-refractivity contribution in [2.45, 2.75) is 12.5 Å². The lowest BCUT2D eigenvalue weighted by molar-refractivity contribution is -0.129. The summed E-state index contributed by atoms with van der Waals surface area (Å²) in [5.74, 6) is -0.185. The average molecular weight is 397 g/mol. The summed E-state index contributed by atoms with van der Waals surface area (Å²) in [6.45, 7) is 2.44. The first-order valence-corrected chi connectivity index (χ1v) is 9.09. The molecule has 0 saturated carbocycles. The maximum Gasteiger partial charge on any atom is 0.266 e. The maximum atomic E-state index is 13.2. The van der Waals surface area contributed by atoms with Crippen molar-refractivity contribution in [1.29, 1.82) is 0 Å². The summed E-state index contributed by atoms with van der Waals surface area (Å²) in [6.07, 6.45) is 6.19. The van der Waals surface area contributed by atoms with Gasteiger partial charge in [0.05, 0.1) is 5.02 Å². The minimum Gasteiger partial charge on any atom is -0.404 e. The number of benzene rings is 1. The highest BCUT2D eigenvalue weighted by Crippen LogP contribution is 2.39.